The fraction of sp³-hybridized carbons (Fsp3) is 0.429. The van der Waals surface area contributed by atoms with E-state index in [-0.39, 0.29) is 6.04 Å². The highest BCUT2D eigenvalue weighted by atomic mass is 35.5. The van der Waals surface area contributed by atoms with Crippen molar-refractivity contribution < 1.29 is 4.74 Å². The lowest BCUT2D eigenvalue weighted by molar-refractivity contribution is 0.0834. The lowest BCUT2D eigenvalue weighted by Crippen LogP contribution is -2.23. The minimum atomic E-state index is -1.15. The molecule has 0 saturated heterocycles. The molecule has 168 valence electrons. The number of aromatic nitrogens is 3. The molecule has 10 heteroatoms. The van der Waals surface area contributed by atoms with E-state index in [1.807, 2.05) is 30.5 Å². The first-order chi connectivity index (χ1) is 14.7. The third kappa shape index (κ3) is 6.73. The normalized spacial score (nSPS) is 12.9. The maximum atomic E-state index is 6.27. The number of anilines is 1. The number of ether oxygens (including phenoxy) is 1. The fourth-order valence-corrected chi connectivity index (χ4v) is 5.57. The van der Waals surface area contributed by atoms with E-state index < -0.39 is 8.07 Å². The number of halogens is 2. The molecule has 5 nitrogen and oxygen atoms in total. The van der Waals surface area contributed by atoms with Crippen LogP contribution in [0, 0.1) is 6.92 Å². The van der Waals surface area contributed by atoms with Crippen LogP contribution in [0.4, 0.5) is 5.82 Å². The number of thioether (sulfide) groups is 1. The minimum Gasteiger partial charge on any atom is -0.361 e. The SMILES string of the molecule is CSc1nc(C(Nc2ccc(Cl)cn2)c2ccc(Cl)s2)n(COCC[Si](C)(C)C)c1C. The van der Waals surface area contributed by atoms with Crippen LogP contribution in [-0.4, -0.2) is 35.5 Å². The first-order valence-corrected chi connectivity index (χ1v) is 16.5. The molecule has 0 amide bonds. The number of nitrogens with one attached hydrogen (secondary N) is 1. The Morgan fingerprint density at radius 3 is 2.58 bits per heavy atom. The quantitative estimate of drug-likeness (QED) is 0.176. The fourth-order valence-electron chi connectivity index (χ4n) is 3.00. The second kappa shape index (κ2) is 10.7. The van der Waals surface area contributed by atoms with Crippen molar-refractivity contribution in [2.24, 2.45) is 0 Å². The van der Waals surface area contributed by atoms with E-state index in [2.05, 4.69) is 41.4 Å². The average molecular weight is 516 g/mol. The Bertz CT molecular complexity index is 1000. The molecular formula is C21H28Cl2N4OS2Si. The predicted molar refractivity (Wildman–Crippen MR) is 137 cm³/mol. The van der Waals surface area contributed by atoms with Crippen molar-refractivity contribution in [3.05, 3.63) is 56.2 Å². The van der Waals surface area contributed by atoms with Crippen molar-refractivity contribution in [2.75, 3.05) is 18.2 Å². The highest BCUT2D eigenvalue weighted by Crippen LogP contribution is 2.35. The molecule has 0 fully saturated rings. The Balaban J connectivity index is 1.94. The van der Waals surface area contributed by atoms with Gasteiger partial charge in [-0.15, -0.1) is 23.1 Å². The summed E-state index contributed by atoms with van der Waals surface area (Å²) in [6.07, 6.45) is 3.67. The number of thiophene rings is 1. The lowest BCUT2D eigenvalue weighted by Gasteiger charge is -2.21. The molecule has 3 rings (SSSR count). The molecule has 3 heterocycles. The van der Waals surface area contributed by atoms with E-state index in [4.69, 9.17) is 32.9 Å². The van der Waals surface area contributed by atoms with Gasteiger partial charge in [0.2, 0.25) is 0 Å². The Labute approximate surface area is 203 Å². The van der Waals surface area contributed by atoms with E-state index in [9.17, 15) is 0 Å². The van der Waals surface area contributed by atoms with Gasteiger partial charge in [0, 0.05) is 25.8 Å². The van der Waals surface area contributed by atoms with Crippen molar-refractivity contribution in [2.45, 2.75) is 50.4 Å². The molecular weight excluding hydrogens is 487 g/mol. The van der Waals surface area contributed by atoms with Gasteiger partial charge in [0.15, 0.2) is 0 Å². The van der Waals surface area contributed by atoms with Crippen molar-refractivity contribution in [1.29, 1.82) is 0 Å². The molecule has 0 bridgehead atoms. The number of nitrogens with zero attached hydrogens (tertiary/aromatic N) is 3. The van der Waals surface area contributed by atoms with Crippen LogP contribution in [0.15, 0.2) is 35.5 Å². The average Bonchev–Trinajstić information content (AvgIpc) is 3.27. The van der Waals surface area contributed by atoms with Crippen LogP contribution >= 0.6 is 46.3 Å². The summed E-state index contributed by atoms with van der Waals surface area (Å²) in [7, 11) is -1.15. The summed E-state index contributed by atoms with van der Waals surface area (Å²) < 4.78 is 8.98. The lowest BCUT2D eigenvalue weighted by atomic mass is 10.2. The van der Waals surface area contributed by atoms with Gasteiger partial charge in [0.05, 0.1) is 15.1 Å². The summed E-state index contributed by atoms with van der Waals surface area (Å²) in [5.41, 5.74) is 1.09. The summed E-state index contributed by atoms with van der Waals surface area (Å²) in [5, 5.41) is 5.10. The van der Waals surface area contributed by atoms with E-state index in [1.54, 1.807) is 18.0 Å². The molecule has 3 aromatic heterocycles. The summed E-state index contributed by atoms with van der Waals surface area (Å²) in [6, 6.07) is 8.53. The van der Waals surface area contributed by atoms with Gasteiger partial charge in [-0.1, -0.05) is 42.8 Å². The summed E-state index contributed by atoms with van der Waals surface area (Å²) in [6.45, 7) is 10.4. The summed E-state index contributed by atoms with van der Waals surface area (Å²) in [4.78, 5) is 10.4. The first kappa shape index (κ1) is 24.6. The molecule has 1 atom stereocenters. The maximum absolute atomic E-state index is 6.27. The first-order valence-electron chi connectivity index (χ1n) is 10.00. The Morgan fingerprint density at radius 2 is 2.00 bits per heavy atom. The van der Waals surface area contributed by atoms with Crippen molar-refractivity contribution >= 4 is 60.2 Å². The van der Waals surface area contributed by atoms with Gasteiger partial charge in [0.1, 0.15) is 29.4 Å². The second-order valence-electron chi connectivity index (χ2n) is 8.42. The third-order valence-corrected chi connectivity index (χ3v) is 8.77. The molecule has 31 heavy (non-hydrogen) atoms. The van der Waals surface area contributed by atoms with Crippen LogP contribution in [0.25, 0.3) is 0 Å². The number of imidazole rings is 1. The Morgan fingerprint density at radius 1 is 1.23 bits per heavy atom. The zero-order chi connectivity index (χ0) is 22.6. The van der Waals surface area contributed by atoms with Gasteiger partial charge < -0.3 is 14.6 Å². The molecule has 0 aliphatic heterocycles. The van der Waals surface area contributed by atoms with Crippen molar-refractivity contribution in [1.82, 2.24) is 14.5 Å². The van der Waals surface area contributed by atoms with E-state index in [0.29, 0.717) is 11.8 Å². The van der Waals surface area contributed by atoms with Crippen LogP contribution in [0.2, 0.25) is 35.0 Å². The second-order valence-corrected chi connectivity index (χ2v) is 17.0. The minimum absolute atomic E-state index is 0.216. The van der Waals surface area contributed by atoms with Crippen molar-refractivity contribution in [3.63, 3.8) is 0 Å². The number of hydrogen-bond donors (Lipinski definition) is 1. The molecule has 0 aliphatic rings. The van der Waals surface area contributed by atoms with Crippen LogP contribution in [0.3, 0.4) is 0 Å². The van der Waals surface area contributed by atoms with Gasteiger partial charge in [-0.05, 0) is 43.5 Å². The zero-order valence-electron chi connectivity index (χ0n) is 18.4. The zero-order valence-corrected chi connectivity index (χ0v) is 22.6. The van der Waals surface area contributed by atoms with Gasteiger partial charge in [-0.3, -0.25) is 0 Å². The largest absolute Gasteiger partial charge is 0.361 e. The molecule has 3 aromatic rings. The van der Waals surface area contributed by atoms with E-state index >= 15 is 0 Å². The predicted octanol–water partition coefficient (Wildman–Crippen LogP) is 7.19. The smallest absolute Gasteiger partial charge is 0.140 e. The van der Waals surface area contributed by atoms with Gasteiger partial charge in [-0.2, -0.15) is 0 Å². The number of rotatable bonds is 10. The highest BCUT2D eigenvalue weighted by molar-refractivity contribution is 7.98. The topological polar surface area (TPSA) is 52.0 Å². The van der Waals surface area contributed by atoms with Gasteiger partial charge in [-0.25, -0.2) is 9.97 Å². The molecule has 0 spiro atoms. The van der Waals surface area contributed by atoms with E-state index in [1.165, 1.54) is 11.3 Å². The van der Waals surface area contributed by atoms with Crippen molar-refractivity contribution in [3.8, 4) is 0 Å². The number of hydrogen-bond acceptors (Lipinski definition) is 6. The molecule has 1 unspecified atom stereocenters. The van der Waals surface area contributed by atoms with E-state index in [0.717, 1.165) is 44.2 Å². The standard InChI is InChI=1S/C21H28Cl2N4OS2Si/c1-14-21(29-2)26-20(27(14)13-28-10-11-31(3,4)5)19(16-7-8-17(23)30-16)25-18-9-6-15(22)12-24-18/h6-9,12,19H,10-11,13H2,1-5H3,(H,24,25). The Hall–Kier alpha value is -1.03. The van der Waals surface area contributed by atoms with Crippen LogP contribution in [0.1, 0.15) is 22.4 Å². The molecule has 0 saturated carbocycles. The highest BCUT2D eigenvalue weighted by Gasteiger charge is 2.25. The molecule has 0 aromatic carbocycles. The third-order valence-electron chi connectivity index (χ3n) is 4.77. The summed E-state index contributed by atoms with van der Waals surface area (Å²) >= 11 is 15.5. The number of pyridine rings is 1. The molecule has 0 radical (unpaired) electrons. The van der Waals surface area contributed by atoms with Crippen LogP contribution < -0.4 is 5.32 Å². The maximum Gasteiger partial charge on any atom is 0.140 e. The Kier molecular flexibility index (Phi) is 8.51. The molecule has 0 aliphatic carbocycles. The van der Waals surface area contributed by atoms with Crippen LogP contribution in [-0.2, 0) is 11.5 Å². The van der Waals surface area contributed by atoms with Gasteiger partial charge in [0.25, 0.3) is 0 Å². The van der Waals surface area contributed by atoms with Gasteiger partial charge >= 0.3 is 0 Å². The van der Waals surface area contributed by atoms with Crippen LogP contribution in [0.5, 0.6) is 0 Å². The summed E-state index contributed by atoms with van der Waals surface area (Å²) in [5.74, 6) is 1.60. The monoisotopic (exact) mass is 514 g/mol. The molecule has 1 N–H and O–H groups in total.